The second-order valence-corrected chi connectivity index (χ2v) is 11.3. The molecule has 0 N–H and O–H groups in total. The zero-order valence-corrected chi connectivity index (χ0v) is 20.3. The van der Waals surface area contributed by atoms with Gasteiger partial charge in [0.25, 0.3) is 0 Å². The average Bonchev–Trinajstić information content (AvgIpc) is 3.35. The van der Waals surface area contributed by atoms with E-state index in [9.17, 15) is 0 Å². The van der Waals surface area contributed by atoms with E-state index < -0.39 is 7.44 Å². The van der Waals surface area contributed by atoms with Crippen LogP contribution in [-0.4, -0.2) is 9.32 Å². The minimum absolute atomic E-state index is 0.725. The molecular weight excluding hydrogens is 461 g/mol. The first-order chi connectivity index (χ1) is 17.7. The maximum atomic E-state index is 15.6. The van der Waals surface area contributed by atoms with E-state index in [1.165, 1.54) is 0 Å². The molecule has 0 saturated heterocycles. The number of hydrogen-bond donors (Lipinski definition) is 0. The number of rotatable bonds is 3. The van der Waals surface area contributed by atoms with Gasteiger partial charge in [-0.1, -0.05) is 84.9 Å². The molecule has 5 heteroatoms. The van der Waals surface area contributed by atoms with Crippen molar-refractivity contribution < 1.29 is 4.57 Å². The van der Waals surface area contributed by atoms with E-state index in [0.717, 1.165) is 50.2 Å². The maximum absolute atomic E-state index is 15.6. The fourth-order valence-corrected chi connectivity index (χ4v) is 8.11. The highest BCUT2D eigenvalue weighted by molar-refractivity contribution is 7.72. The van der Waals surface area contributed by atoms with Gasteiger partial charge in [-0.15, -0.1) is 0 Å². The Morgan fingerprint density at radius 3 is 2.00 bits per heavy atom. The van der Waals surface area contributed by atoms with E-state index in [-0.39, 0.29) is 0 Å². The fraction of sp³-hybridized carbons (Fsp3) is 0. The van der Waals surface area contributed by atoms with Crippen molar-refractivity contribution in [3.63, 3.8) is 0 Å². The van der Waals surface area contributed by atoms with Crippen molar-refractivity contribution in [3.8, 4) is 22.5 Å². The van der Waals surface area contributed by atoms with Crippen molar-refractivity contribution in [2.45, 2.75) is 0 Å². The molecule has 0 amide bonds. The lowest BCUT2D eigenvalue weighted by atomic mass is 10.0. The number of imidazole rings is 1. The SMILES string of the molecule is O=P1(c2ccccc2)N(c2ccccc2)c2ccc(-c3ccccc3)cc2-c2nc3ccccc3n21. The molecule has 0 radical (unpaired) electrons. The molecule has 6 aromatic rings. The van der Waals surface area contributed by atoms with E-state index >= 15 is 4.57 Å². The van der Waals surface area contributed by atoms with Crippen LogP contribution in [0.4, 0.5) is 11.4 Å². The molecule has 0 bridgehead atoms. The topological polar surface area (TPSA) is 38.1 Å². The van der Waals surface area contributed by atoms with Crippen molar-refractivity contribution in [1.29, 1.82) is 0 Å². The van der Waals surface area contributed by atoms with Gasteiger partial charge in [0.15, 0.2) is 0 Å². The minimum atomic E-state index is -3.42. The molecule has 1 aliphatic rings. The van der Waals surface area contributed by atoms with Crippen LogP contribution in [0.1, 0.15) is 0 Å². The van der Waals surface area contributed by atoms with Gasteiger partial charge in [-0.05, 0) is 59.7 Å². The molecule has 1 aromatic heterocycles. The summed E-state index contributed by atoms with van der Waals surface area (Å²) >= 11 is 0. The van der Waals surface area contributed by atoms with Crippen LogP contribution in [0.3, 0.4) is 0 Å². The Labute approximate surface area is 209 Å². The van der Waals surface area contributed by atoms with E-state index in [1.807, 2.05) is 112 Å². The van der Waals surface area contributed by atoms with Crippen LogP contribution in [-0.2, 0) is 4.57 Å². The quantitative estimate of drug-likeness (QED) is 0.240. The van der Waals surface area contributed by atoms with E-state index in [1.54, 1.807) is 0 Å². The second-order valence-electron chi connectivity index (χ2n) is 8.86. The largest absolute Gasteiger partial charge is 0.302 e. The van der Waals surface area contributed by atoms with Gasteiger partial charge in [-0.2, -0.15) is 0 Å². The number of hydrogen-bond acceptors (Lipinski definition) is 2. The summed E-state index contributed by atoms with van der Waals surface area (Å²) in [6.07, 6.45) is 0. The molecule has 172 valence electrons. The van der Waals surface area contributed by atoms with Crippen LogP contribution in [0.2, 0.25) is 0 Å². The first-order valence-electron chi connectivity index (χ1n) is 11.9. The van der Waals surface area contributed by atoms with Crippen LogP contribution in [0.15, 0.2) is 133 Å². The highest BCUT2D eigenvalue weighted by atomic mass is 31.2. The standard InChI is InChI=1S/C31H22N3OP/c35-36(26-16-8-3-9-17-26)33(25-14-6-2-7-15-25)29-21-20-24(23-12-4-1-5-13-23)22-27(29)31-32-28-18-10-11-19-30(28)34(31)36/h1-22H. The summed E-state index contributed by atoms with van der Waals surface area (Å²) in [5, 5.41) is 0.760. The lowest BCUT2D eigenvalue weighted by Gasteiger charge is -2.40. The van der Waals surface area contributed by atoms with E-state index in [0.29, 0.717) is 0 Å². The number of anilines is 2. The predicted molar refractivity (Wildman–Crippen MR) is 148 cm³/mol. The van der Waals surface area contributed by atoms with Crippen molar-refractivity contribution in [1.82, 2.24) is 9.32 Å². The predicted octanol–water partition coefficient (Wildman–Crippen LogP) is 7.89. The lowest BCUT2D eigenvalue weighted by molar-refractivity contribution is 0.575. The van der Waals surface area contributed by atoms with Crippen LogP contribution in [0, 0.1) is 0 Å². The van der Waals surface area contributed by atoms with Crippen molar-refractivity contribution in [2.75, 3.05) is 4.67 Å². The zero-order chi connectivity index (χ0) is 24.1. The molecule has 0 spiro atoms. The summed E-state index contributed by atoms with van der Waals surface area (Å²) in [4.78, 5) is 5.04. The van der Waals surface area contributed by atoms with E-state index in [2.05, 4.69) is 30.3 Å². The number of benzene rings is 5. The number of nitrogens with zero attached hydrogens (tertiary/aromatic N) is 3. The summed E-state index contributed by atoms with van der Waals surface area (Å²) in [5.41, 5.74) is 6.63. The maximum Gasteiger partial charge on any atom is 0.302 e. The molecule has 2 heterocycles. The summed E-state index contributed by atoms with van der Waals surface area (Å²) < 4.78 is 19.6. The first kappa shape index (κ1) is 20.9. The first-order valence-corrected chi connectivity index (χ1v) is 13.6. The molecule has 0 saturated carbocycles. The third-order valence-electron chi connectivity index (χ3n) is 6.75. The van der Waals surface area contributed by atoms with Gasteiger partial charge in [0, 0.05) is 11.3 Å². The Morgan fingerprint density at radius 2 is 1.25 bits per heavy atom. The second kappa shape index (κ2) is 8.08. The van der Waals surface area contributed by atoms with Crippen LogP contribution in [0.25, 0.3) is 33.5 Å². The van der Waals surface area contributed by atoms with Crippen LogP contribution >= 0.6 is 7.44 Å². The molecule has 1 aliphatic heterocycles. The smallest absolute Gasteiger partial charge is 0.271 e. The molecule has 0 fully saturated rings. The Bertz CT molecular complexity index is 1760. The monoisotopic (exact) mass is 483 g/mol. The summed E-state index contributed by atoms with van der Waals surface area (Å²) in [7, 11) is -3.42. The van der Waals surface area contributed by atoms with Gasteiger partial charge in [-0.25, -0.2) is 4.98 Å². The summed E-state index contributed by atoms with van der Waals surface area (Å²) in [5.74, 6) is 0.725. The molecule has 1 atom stereocenters. The normalized spacial score (nSPS) is 16.5. The third kappa shape index (κ3) is 3.02. The summed E-state index contributed by atoms with van der Waals surface area (Å²) in [6.45, 7) is 0. The molecular formula is C31H22N3OP. The van der Waals surface area contributed by atoms with Gasteiger partial charge < -0.3 is 0 Å². The summed E-state index contributed by atoms with van der Waals surface area (Å²) in [6, 6.07) is 44.4. The van der Waals surface area contributed by atoms with Gasteiger partial charge in [-0.3, -0.25) is 13.6 Å². The number of aromatic nitrogens is 2. The van der Waals surface area contributed by atoms with Gasteiger partial charge >= 0.3 is 7.44 Å². The highest BCUT2D eigenvalue weighted by Gasteiger charge is 2.44. The molecule has 7 rings (SSSR count). The molecule has 4 nitrogen and oxygen atoms in total. The Kier molecular flexibility index (Phi) is 4.70. The van der Waals surface area contributed by atoms with Gasteiger partial charge in [0.05, 0.1) is 22.0 Å². The molecule has 1 unspecified atom stereocenters. The van der Waals surface area contributed by atoms with Crippen molar-refractivity contribution in [2.24, 2.45) is 0 Å². The van der Waals surface area contributed by atoms with Gasteiger partial charge in [0.2, 0.25) is 0 Å². The fourth-order valence-electron chi connectivity index (χ4n) is 5.13. The van der Waals surface area contributed by atoms with Crippen LogP contribution < -0.4 is 9.97 Å². The lowest BCUT2D eigenvalue weighted by Crippen LogP contribution is -2.30. The number of para-hydroxylation sites is 3. The molecule has 5 aromatic carbocycles. The minimum Gasteiger partial charge on any atom is -0.271 e. The zero-order valence-electron chi connectivity index (χ0n) is 19.4. The van der Waals surface area contributed by atoms with Crippen molar-refractivity contribution >= 4 is 35.2 Å². The highest BCUT2D eigenvalue weighted by Crippen LogP contribution is 2.64. The average molecular weight is 484 g/mol. The van der Waals surface area contributed by atoms with Crippen molar-refractivity contribution in [3.05, 3.63) is 133 Å². The van der Waals surface area contributed by atoms with Crippen LogP contribution in [0.5, 0.6) is 0 Å². The third-order valence-corrected chi connectivity index (χ3v) is 9.65. The molecule has 0 aliphatic carbocycles. The van der Waals surface area contributed by atoms with Gasteiger partial charge in [0.1, 0.15) is 5.82 Å². The Morgan fingerprint density at radius 1 is 0.611 bits per heavy atom. The Hall–Kier alpha value is -4.40. The molecule has 36 heavy (non-hydrogen) atoms. The Balaban J connectivity index is 1.62. The van der Waals surface area contributed by atoms with E-state index in [4.69, 9.17) is 4.98 Å². The number of fused-ring (bicyclic) bond motifs is 5.